The average molecular weight is 459 g/mol. The van der Waals surface area contributed by atoms with E-state index in [4.69, 9.17) is 9.47 Å². The van der Waals surface area contributed by atoms with E-state index in [1.807, 2.05) is 0 Å². The standard InChI is InChI=1S/C19H20F2N2O5S2/c1-29-9-6-15(19(24)22-16-10-12(20)2-4-14(16)21)23-30(25,26)13-3-5-17-18(11-13)28-8-7-27-17/h2-5,10-11,15,23H,6-9H2,1H3,(H,22,24). The van der Waals surface area contributed by atoms with Gasteiger partial charge in [-0.1, -0.05) is 0 Å². The zero-order valence-corrected chi connectivity index (χ0v) is 17.6. The van der Waals surface area contributed by atoms with Crippen molar-refractivity contribution < 1.29 is 31.5 Å². The van der Waals surface area contributed by atoms with Crippen LogP contribution in [0, 0.1) is 11.6 Å². The number of sulfonamides is 1. The minimum atomic E-state index is -4.10. The molecule has 30 heavy (non-hydrogen) atoms. The number of thioether (sulfide) groups is 1. The van der Waals surface area contributed by atoms with Gasteiger partial charge in [0.2, 0.25) is 15.9 Å². The molecule has 0 saturated carbocycles. The number of carbonyl (C=O) groups is 1. The molecule has 1 atom stereocenters. The molecule has 0 radical (unpaired) electrons. The van der Waals surface area contributed by atoms with Crippen molar-refractivity contribution in [3.8, 4) is 11.5 Å². The van der Waals surface area contributed by atoms with Gasteiger partial charge in [0.25, 0.3) is 0 Å². The molecule has 0 spiro atoms. The number of hydrogen-bond acceptors (Lipinski definition) is 6. The fourth-order valence-corrected chi connectivity index (χ4v) is 4.45. The van der Waals surface area contributed by atoms with E-state index >= 15 is 0 Å². The van der Waals surface area contributed by atoms with Gasteiger partial charge in [-0.25, -0.2) is 17.2 Å². The number of hydrogen-bond donors (Lipinski definition) is 2. The van der Waals surface area contributed by atoms with Crippen LogP contribution in [-0.4, -0.2) is 45.6 Å². The number of rotatable bonds is 8. The summed E-state index contributed by atoms with van der Waals surface area (Å²) in [4.78, 5) is 12.5. The van der Waals surface area contributed by atoms with E-state index in [0.29, 0.717) is 24.7 Å². The van der Waals surface area contributed by atoms with Crippen LogP contribution in [0.25, 0.3) is 0 Å². The van der Waals surface area contributed by atoms with Crippen molar-refractivity contribution in [2.75, 3.05) is 30.5 Å². The Morgan fingerprint density at radius 3 is 2.60 bits per heavy atom. The number of nitrogens with one attached hydrogen (secondary N) is 2. The normalized spacial score (nSPS) is 14.2. The first-order chi connectivity index (χ1) is 14.3. The van der Waals surface area contributed by atoms with Gasteiger partial charge in [0.1, 0.15) is 30.9 Å². The molecule has 7 nitrogen and oxygen atoms in total. The van der Waals surface area contributed by atoms with Crippen LogP contribution in [0.5, 0.6) is 11.5 Å². The molecular formula is C19H20F2N2O5S2. The van der Waals surface area contributed by atoms with Crippen molar-refractivity contribution in [2.45, 2.75) is 17.4 Å². The van der Waals surface area contributed by atoms with Gasteiger partial charge in [-0.2, -0.15) is 16.5 Å². The van der Waals surface area contributed by atoms with Gasteiger partial charge in [0.05, 0.1) is 10.6 Å². The molecule has 1 amide bonds. The number of benzene rings is 2. The smallest absolute Gasteiger partial charge is 0.242 e. The monoisotopic (exact) mass is 458 g/mol. The zero-order chi connectivity index (χ0) is 21.7. The molecule has 0 saturated heterocycles. The Morgan fingerprint density at radius 1 is 1.13 bits per heavy atom. The fourth-order valence-electron chi connectivity index (χ4n) is 2.74. The van der Waals surface area contributed by atoms with Crippen LogP contribution >= 0.6 is 11.8 Å². The second kappa shape index (κ2) is 9.63. The van der Waals surface area contributed by atoms with Gasteiger partial charge in [0.15, 0.2) is 11.5 Å². The van der Waals surface area contributed by atoms with Gasteiger partial charge in [0, 0.05) is 12.1 Å². The van der Waals surface area contributed by atoms with E-state index in [1.54, 1.807) is 6.26 Å². The molecule has 0 aliphatic carbocycles. The second-order valence-corrected chi connectivity index (χ2v) is 9.07. The quantitative estimate of drug-likeness (QED) is 0.632. The first kappa shape index (κ1) is 22.3. The molecule has 2 aromatic carbocycles. The maximum Gasteiger partial charge on any atom is 0.242 e. The molecule has 1 aliphatic heterocycles. The van der Waals surface area contributed by atoms with E-state index in [0.717, 1.165) is 18.2 Å². The summed E-state index contributed by atoms with van der Waals surface area (Å²) in [5.74, 6) is -1.18. The highest BCUT2D eigenvalue weighted by molar-refractivity contribution is 7.98. The summed E-state index contributed by atoms with van der Waals surface area (Å²) >= 11 is 1.41. The first-order valence-electron chi connectivity index (χ1n) is 8.97. The van der Waals surface area contributed by atoms with Crippen molar-refractivity contribution in [3.63, 3.8) is 0 Å². The molecule has 162 valence electrons. The number of ether oxygens (including phenoxy) is 2. The van der Waals surface area contributed by atoms with Gasteiger partial charge in [-0.05, 0) is 42.7 Å². The second-order valence-electron chi connectivity index (χ2n) is 6.37. The predicted molar refractivity (Wildman–Crippen MR) is 110 cm³/mol. The van der Waals surface area contributed by atoms with Gasteiger partial charge in [-0.15, -0.1) is 0 Å². The Kier molecular flexibility index (Phi) is 7.16. The predicted octanol–water partition coefficient (Wildman–Crippen LogP) is 2.77. The van der Waals surface area contributed by atoms with Crippen molar-refractivity contribution in [1.29, 1.82) is 0 Å². The van der Waals surface area contributed by atoms with Crippen LogP contribution < -0.4 is 19.5 Å². The SMILES string of the molecule is CSCCC(NS(=O)(=O)c1ccc2c(c1)OCCO2)C(=O)Nc1cc(F)ccc1F. The third kappa shape index (κ3) is 5.41. The molecule has 1 unspecified atom stereocenters. The number of carbonyl (C=O) groups excluding carboxylic acids is 1. The van der Waals surface area contributed by atoms with Crippen LogP contribution in [0.2, 0.25) is 0 Å². The maximum atomic E-state index is 13.9. The highest BCUT2D eigenvalue weighted by Gasteiger charge is 2.27. The van der Waals surface area contributed by atoms with Crippen LogP contribution in [0.15, 0.2) is 41.3 Å². The molecule has 0 fully saturated rings. The third-order valence-electron chi connectivity index (χ3n) is 4.23. The lowest BCUT2D eigenvalue weighted by atomic mass is 10.2. The van der Waals surface area contributed by atoms with E-state index in [1.165, 1.54) is 30.0 Å². The Labute approximate surface area is 177 Å². The number of anilines is 1. The highest BCUT2D eigenvalue weighted by atomic mass is 32.2. The molecule has 1 heterocycles. The molecular weight excluding hydrogens is 438 g/mol. The van der Waals surface area contributed by atoms with Crippen LogP contribution in [0.4, 0.5) is 14.5 Å². The van der Waals surface area contributed by atoms with E-state index in [2.05, 4.69) is 10.0 Å². The Balaban J connectivity index is 1.81. The van der Waals surface area contributed by atoms with Crippen molar-refractivity contribution in [3.05, 3.63) is 48.0 Å². The molecule has 2 N–H and O–H groups in total. The van der Waals surface area contributed by atoms with Gasteiger partial charge in [-0.3, -0.25) is 4.79 Å². The minimum Gasteiger partial charge on any atom is -0.486 e. The molecule has 0 bridgehead atoms. The zero-order valence-electron chi connectivity index (χ0n) is 16.0. The van der Waals surface area contributed by atoms with E-state index < -0.39 is 33.6 Å². The molecule has 0 aromatic heterocycles. The van der Waals surface area contributed by atoms with E-state index in [9.17, 15) is 22.0 Å². The lowest BCUT2D eigenvalue weighted by Gasteiger charge is -2.21. The summed E-state index contributed by atoms with van der Waals surface area (Å²) < 4.78 is 66.0. The lowest BCUT2D eigenvalue weighted by Crippen LogP contribution is -2.44. The van der Waals surface area contributed by atoms with Crippen LogP contribution in [0.1, 0.15) is 6.42 Å². The molecule has 1 aliphatic rings. The Hall–Kier alpha value is -2.37. The van der Waals surface area contributed by atoms with Crippen molar-refractivity contribution >= 4 is 33.4 Å². The van der Waals surface area contributed by atoms with E-state index in [-0.39, 0.29) is 22.8 Å². The average Bonchev–Trinajstić information content (AvgIpc) is 2.73. The van der Waals surface area contributed by atoms with Crippen molar-refractivity contribution in [1.82, 2.24) is 4.72 Å². The molecule has 2 aromatic rings. The van der Waals surface area contributed by atoms with Crippen LogP contribution in [0.3, 0.4) is 0 Å². The Morgan fingerprint density at radius 2 is 1.87 bits per heavy atom. The van der Waals surface area contributed by atoms with Crippen LogP contribution in [-0.2, 0) is 14.8 Å². The topological polar surface area (TPSA) is 93.7 Å². The maximum absolute atomic E-state index is 13.9. The number of fused-ring (bicyclic) bond motifs is 1. The Bertz CT molecular complexity index is 1030. The van der Waals surface area contributed by atoms with Crippen molar-refractivity contribution in [2.24, 2.45) is 0 Å². The van der Waals surface area contributed by atoms with Gasteiger partial charge >= 0.3 is 0 Å². The third-order valence-corrected chi connectivity index (χ3v) is 6.35. The lowest BCUT2D eigenvalue weighted by molar-refractivity contribution is -0.117. The first-order valence-corrected chi connectivity index (χ1v) is 11.8. The number of amides is 1. The minimum absolute atomic E-state index is 0.106. The molecule has 11 heteroatoms. The summed E-state index contributed by atoms with van der Waals surface area (Å²) in [7, 11) is -4.10. The summed E-state index contributed by atoms with van der Waals surface area (Å²) in [5.41, 5.74) is -0.368. The molecule has 3 rings (SSSR count). The largest absolute Gasteiger partial charge is 0.486 e. The number of halogens is 2. The fraction of sp³-hybridized carbons (Fsp3) is 0.316. The summed E-state index contributed by atoms with van der Waals surface area (Å²) in [6.07, 6.45) is 1.95. The summed E-state index contributed by atoms with van der Waals surface area (Å²) in [6, 6.07) is 5.55. The summed E-state index contributed by atoms with van der Waals surface area (Å²) in [6.45, 7) is 0.660. The highest BCUT2D eigenvalue weighted by Crippen LogP contribution is 2.32. The summed E-state index contributed by atoms with van der Waals surface area (Å²) in [5, 5.41) is 2.25. The van der Waals surface area contributed by atoms with Gasteiger partial charge < -0.3 is 14.8 Å².